The van der Waals surface area contributed by atoms with Crippen molar-refractivity contribution in [3.63, 3.8) is 0 Å². The number of halogens is 1. The molecule has 5 rings (SSSR count). The molecule has 0 radical (unpaired) electrons. The molecular weight excluding hydrogens is 394 g/mol. The normalized spacial score (nSPS) is 20.0. The number of hydrogen-bond donors (Lipinski definition) is 0. The van der Waals surface area contributed by atoms with E-state index in [2.05, 4.69) is 22.9 Å². The van der Waals surface area contributed by atoms with E-state index in [1.165, 1.54) is 0 Å². The lowest BCUT2D eigenvalue weighted by Gasteiger charge is -2.37. The first kappa shape index (κ1) is 17.6. The van der Waals surface area contributed by atoms with Gasteiger partial charge in [0.2, 0.25) is 10.1 Å². The first-order valence-electron chi connectivity index (χ1n) is 9.08. The van der Waals surface area contributed by atoms with Crippen LogP contribution < -0.4 is 4.90 Å². The summed E-state index contributed by atoms with van der Waals surface area (Å²) >= 11 is 7.74. The zero-order valence-corrected chi connectivity index (χ0v) is 16.8. The van der Waals surface area contributed by atoms with Crippen molar-refractivity contribution in [2.75, 3.05) is 18.1 Å². The van der Waals surface area contributed by atoms with Crippen molar-refractivity contribution < 1.29 is 4.74 Å². The molecule has 28 heavy (non-hydrogen) atoms. The lowest BCUT2D eigenvalue weighted by atomic mass is 10.1. The number of anilines is 1. The van der Waals surface area contributed by atoms with Gasteiger partial charge < -0.3 is 9.64 Å². The van der Waals surface area contributed by atoms with Crippen LogP contribution in [0.25, 0.3) is 16.2 Å². The Morgan fingerprint density at radius 1 is 1.25 bits per heavy atom. The van der Waals surface area contributed by atoms with Gasteiger partial charge >= 0.3 is 0 Å². The Morgan fingerprint density at radius 2 is 2.18 bits per heavy atom. The minimum atomic E-state index is -0.0305. The first-order chi connectivity index (χ1) is 13.7. The molecule has 1 aliphatic rings. The summed E-state index contributed by atoms with van der Waals surface area (Å²) in [5.41, 5.74) is 2.96. The molecule has 1 aromatic carbocycles. The second kappa shape index (κ2) is 7.16. The number of ether oxygens (including phenoxy) is 1. The van der Waals surface area contributed by atoms with E-state index in [1.54, 1.807) is 17.5 Å². The zero-order valence-electron chi connectivity index (χ0n) is 15.2. The molecule has 6 nitrogen and oxygen atoms in total. The van der Waals surface area contributed by atoms with Crippen molar-refractivity contribution in [2.45, 2.75) is 19.1 Å². The number of morpholine rings is 1. The Hall–Kier alpha value is -2.48. The molecule has 8 heteroatoms. The van der Waals surface area contributed by atoms with Gasteiger partial charge in [-0.15, -0.1) is 5.10 Å². The number of imidazole rings is 1. The molecule has 2 unspecified atom stereocenters. The smallest absolute Gasteiger partial charge is 0.214 e. The predicted molar refractivity (Wildman–Crippen MR) is 111 cm³/mol. The van der Waals surface area contributed by atoms with Gasteiger partial charge in [0.25, 0.3) is 0 Å². The molecule has 2 atom stereocenters. The lowest BCUT2D eigenvalue weighted by molar-refractivity contribution is 0.0215. The number of fused-ring (bicyclic) bond motifs is 1. The van der Waals surface area contributed by atoms with Crippen LogP contribution in [0.2, 0.25) is 5.02 Å². The maximum atomic E-state index is 6.15. The Morgan fingerprint density at radius 3 is 2.96 bits per heavy atom. The quantitative estimate of drug-likeness (QED) is 0.497. The number of nitrogens with zero attached hydrogens (tertiary/aromatic N) is 5. The van der Waals surface area contributed by atoms with Gasteiger partial charge in [-0.2, -0.15) is 0 Å². The minimum Gasteiger partial charge on any atom is -0.370 e. The summed E-state index contributed by atoms with van der Waals surface area (Å²) in [6.07, 6.45) is 5.49. The molecule has 0 saturated carbocycles. The third kappa shape index (κ3) is 3.26. The number of hydrogen-bond acceptors (Lipinski definition) is 6. The van der Waals surface area contributed by atoms with Gasteiger partial charge in [0, 0.05) is 23.0 Å². The molecule has 3 aromatic heterocycles. The molecule has 0 aliphatic carbocycles. The van der Waals surface area contributed by atoms with Crippen LogP contribution in [0.5, 0.6) is 0 Å². The molecule has 0 N–H and O–H groups in total. The van der Waals surface area contributed by atoms with Gasteiger partial charge in [-0.1, -0.05) is 35.1 Å². The lowest BCUT2D eigenvalue weighted by Crippen LogP contribution is -2.45. The van der Waals surface area contributed by atoms with Gasteiger partial charge in [-0.05, 0) is 36.8 Å². The van der Waals surface area contributed by atoms with Crippen LogP contribution in [0.4, 0.5) is 5.13 Å². The number of aromatic nitrogens is 4. The molecule has 4 aromatic rings. The second-order valence-corrected chi connectivity index (χ2v) is 8.23. The van der Waals surface area contributed by atoms with E-state index < -0.39 is 0 Å². The van der Waals surface area contributed by atoms with Crippen LogP contribution in [0, 0.1) is 0 Å². The van der Waals surface area contributed by atoms with Crippen molar-refractivity contribution in [1.82, 2.24) is 19.6 Å². The summed E-state index contributed by atoms with van der Waals surface area (Å²) < 4.78 is 7.91. The fraction of sp³-hybridized carbons (Fsp3) is 0.250. The summed E-state index contributed by atoms with van der Waals surface area (Å²) in [4.78, 5) is 12.0. The second-order valence-electron chi connectivity index (χ2n) is 6.86. The van der Waals surface area contributed by atoms with Crippen LogP contribution in [0.15, 0.2) is 55.0 Å². The SMILES string of the molecule is CC1COC(c2cccc(Cl)c2)CN1c1nn2cc(-c3cccnc3)nc2s1. The highest BCUT2D eigenvalue weighted by Crippen LogP contribution is 2.33. The Bertz CT molecular complexity index is 1080. The first-order valence-corrected chi connectivity index (χ1v) is 10.3. The molecule has 1 fully saturated rings. The predicted octanol–water partition coefficient (Wildman–Crippen LogP) is 4.47. The summed E-state index contributed by atoms with van der Waals surface area (Å²) in [5, 5.41) is 6.45. The van der Waals surface area contributed by atoms with Crippen molar-refractivity contribution in [3.05, 3.63) is 65.6 Å². The van der Waals surface area contributed by atoms with Crippen LogP contribution >= 0.6 is 22.9 Å². The Balaban J connectivity index is 1.42. The monoisotopic (exact) mass is 411 g/mol. The van der Waals surface area contributed by atoms with Gasteiger partial charge in [0.05, 0.1) is 31.1 Å². The van der Waals surface area contributed by atoms with Crippen molar-refractivity contribution >= 4 is 33.0 Å². The molecule has 4 heterocycles. The summed E-state index contributed by atoms with van der Waals surface area (Å²) in [5.74, 6) is 0. The largest absolute Gasteiger partial charge is 0.370 e. The van der Waals surface area contributed by atoms with Crippen molar-refractivity contribution in [3.8, 4) is 11.3 Å². The fourth-order valence-electron chi connectivity index (χ4n) is 3.39. The third-order valence-corrected chi connectivity index (χ3v) is 6.08. The van der Waals surface area contributed by atoms with E-state index in [-0.39, 0.29) is 12.1 Å². The van der Waals surface area contributed by atoms with Crippen molar-refractivity contribution in [2.24, 2.45) is 0 Å². The fourth-order valence-corrected chi connectivity index (χ4v) is 4.58. The van der Waals surface area contributed by atoms with Crippen LogP contribution in [-0.2, 0) is 4.74 Å². The third-order valence-electron chi connectivity index (χ3n) is 4.89. The van der Waals surface area contributed by atoms with Crippen molar-refractivity contribution in [1.29, 1.82) is 0 Å². The van der Waals surface area contributed by atoms with E-state index in [1.807, 2.05) is 47.2 Å². The van der Waals surface area contributed by atoms with E-state index in [4.69, 9.17) is 26.4 Å². The molecular formula is C20H18ClN5OS. The standard InChI is InChI=1S/C20H18ClN5OS/c1-13-12-27-18(14-4-2-6-16(21)8-14)11-25(13)20-24-26-10-17(23-19(26)28-20)15-5-3-7-22-9-15/h2-10,13,18H,11-12H2,1H3. The number of pyridine rings is 1. The van der Waals surface area contributed by atoms with Crippen LogP contribution in [0.3, 0.4) is 0 Å². The average molecular weight is 412 g/mol. The molecule has 1 aliphatic heterocycles. The van der Waals surface area contributed by atoms with Gasteiger partial charge in [-0.25, -0.2) is 9.50 Å². The molecule has 142 valence electrons. The van der Waals surface area contributed by atoms with Gasteiger partial charge in [0.15, 0.2) is 0 Å². The van der Waals surface area contributed by atoms with E-state index in [0.717, 1.165) is 38.5 Å². The summed E-state index contributed by atoms with van der Waals surface area (Å²) in [7, 11) is 0. The molecule has 0 spiro atoms. The summed E-state index contributed by atoms with van der Waals surface area (Å²) in [6.45, 7) is 3.52. The maximum Gasteiger partial charge on any atom is 0.214 e. The maximum absolute atomic E-state index is 6.15. The number of benzene rings is 1. The molecule has 1 saturated heterocycles. The van der Waals surface area contributed by atoms with E-state index in [9.17, 15) is 0 Å². The Kier molecular flexibility index (Phi) is 4.50. The highest BCUT2D eigenvalue weighted by molar-refractivity contribution is 7.20. The van der Waals surface area contributed by atoms with E-state index >= 15 is 0 Å². The topological polar surface area (TPSA) is 55.5 Å². The highest BCUT2D eigenvalue weighted by atomic mass is 35.5. The minimum absolute atomic E-state index is 0.0305. The molecule has 0 bridgehead atoms. The average Bonchev–Trinajstić information content (AvgIpc) is 3.28. The van der Waals surface area contributed by atoms with Gasteiger partial charge in [0.1, 0.15) is 6.10 Å². The van der Waals surface area contributed by atoms with E-state index in [0.29, 0.717) is 6.61 Å². The van der Waals surface area contributed by atoms with Gasteiger partial charge in [-0.3, -0.25) is 4.98 Å². The van der Waals surface area contributed by atoms with Crippen LogP contribution in [0.1, 0.15) is 18.6 Å². The highest BCUT2D eigenvalue weighted by Gasteiger charge is 2.30. The summed E-state index contributed by atoms with van der Waals surface area (Å²) in [6, 6.07) is 12.0. The zero-order chi connectivity index (χ0) is 19.1. The van der Waals surface area contributed by atoms with Crippen LogP contribution in [-0.4, -0.2) is 38.8 Å². The molecule has 0 amide bonds. The number of rotatable bonds is 3. The Labute approximate surface area is 171 Å².